The molecule has 0 atom stereocenters. The van der Waals surface area contributed by atoms with E-state index in [9.17, 15) is 10.1 Å². The smallest absolute Gasteiger partial charge is 0.269 e. The van der Waals surface area contributed by atoms with Gasteiger partial charge in [-0.2, -0.15) is 0 Å². The lowest BCUT2D eigenvalue weighted by Crippen LogP contribution is -1.87. The predicted molar refractivity (Wildman–Crippen MR) is 54.5 cm³/mol. The predicted octanol–water partition coefficient (Wildman–Crippen LogP) is 1.74. The average molecular weight is 220 g/mol. The molecule has 2 aromatic rings. The summed E-state index contributed by atoms with van der Waals surface area (Å²) in [6.07, 6.45) is 1.41. The second-order valence-corrected chi connectivity index (χ2v) is 3.09. The molecule has 0 aliphatic heterocycles. The molecule has 82 valence electrons. The second kappa shape index (κ2) is 4.11. The van der Waals surface area contributed by atoms with Crippen LogP contribution in [0.1, 0.15) is 5.76 Å². The van der Waals surface area contributed by atoms with Gasteiger partial charge in [-0.1, -0.05) is 0 Å². The summed E-state index contributed by atoms with van der Waals surface area (Å²) in [4.78, 5) is 13.9. The molecule has 0 radical (unpaired) electrons. The molecule has 1 heterocycles. The highest BCUT2D eigenvalue weighted by Gasteiger charge is 2.09. The lowest BCUT2D eigenvalue weighted by Gasteiger charge is -1.95. The molecule has 1 N–H and O–H groups in total. The highest BCUT2D eigenvalue weighted by Crippen LogP contribution is 2.21. The van der Waals surface area contributed by atoms with Crippen LogP contribution in [0.25, 0.3) is 11.5 Å². The summed E-state index contributed by atoms with van der Waals surface area (Å²) in [6, 6.07) is 5.84. The summed E-state index contributed by atoms with van der Waals surface area (Å²) >= 11 is 0. The van der Waals surface area contributed by atoms with E-state index >= 15 is 0 Å². The van der Waals surface area contributed by atoms with E-state index < -0.39 is 4.92 Å². The molecule has 0 unspecified atom stereocenters. The number of nitrogens with zero attached hydrogens (tertiary/aromatic N) is 2. The fourth-order valence-electron chi connectivity index (χ4n) is 1.24. The van der Waals surface area contributed by atoms with Crippen LogP contribution in [0.5, 0.6) is 0 Å². The molecule has 0 bridgehead atoms. The van der Waals surface area contributed by atoms with E-state index in [2.05, 4.69) is 4.98 Å². The fourth-order valence-corrected chi connectivity index (χ4v) is 1.24. The maximum atomic E-state index is 10.4. The number of hydrogen-bond donors (Lipinski definition) is 1. The molecular weight excluding hydrogens is 212 g/mol. The normalized spacial score (nSPS) is 10.3. The number of hydrogen-bond acceptors (Lipinski definition) is 5. The molecule has 0 amide bonds. The van der Waals surface area contributed by atoms with Crippen molar-refractivity contribution in [1.82, 2.24) is 4.98 Å². The van der Waals surface area contributed by atoms with E-state index in [1.807, 2.05) is 0 Å². The Bertz CT molecular complexity index is 504. The number of aliphatic hydroxyl groups is 1. The van der Waals surface area contributed by atoms with Crippen LogP contribution in [0.3, 0.4) is 0 Å². The number of nitro benzene ring substituents is 1. The highest BCUT2D eigenvalue weighted by atomic mass is 16.6. The first kappa shape index (κ1) is 10.3. The highest BCUT2D eigenvalue weighted by molar-refractivity contribution is 5.55. The first-order valence-electron chi connectivity index (χ1n) is 4.51. The zero-order valence-corrected chi connectivity index (χ0v) is 8.16. The van der Waals surface area contributed by atoms with Crippen LogP contribution in [0.2, 0.25) is 0 Å². The molecular formula is C10H8N2O4. The van der Waals surface area contributed by atoms with Gasteiger partial charge in [0, 0.05) is 17.7 Å². The van der Waals surface area contributed by atoms with Crippen molar-refractivity contribution in [3.05, 3.63) is 46.3 Å². The zero-order chi connectivity index (χ0) is 11.5. The lowest BCUT2D eigenvalue weighted by atomic mass is 10.2. The van der Waals surface area contributed by atoms with Gasteiger partial charge in [-0.3, -0.25) is 10.1 Å². The first-order valence-corrected chi connectivity index (χ1v) is 4.51. The largest absolute Gasteiger partial charge is 0.439 e. The van der Waals surface area contributed by atoms with Crippen molar-refractivity contribution in [1.29, 1.82) is 0 Å². The molecule has 6 heteroatoms. The minimum Gasteiger partial charge on any atom is -0.439 e. The number of non-ortho nitro benzene ring substituents is 1. The van der Waals surface area contributed by atoms with Gasteiger partial charge in [0.05, 0.1) is 11.1 Å². The van der Waals surface area contributed by atoms with Crippen LogP contribution in [-0.2, 0) is 6.61 Å². The van der Waals surface area contributed by atoms with Crippen LogP contribution in [0.4, 0.5) is 5.69 Å². The van der Waals surface area contributed by atoms with Crippen molar-refractivity contribution in [2.45, 2.75) is 6.61 Å². The molecule has 0 aliphatic carbocycles. The fraction of sp³-hybridized carbons (Fsp3) is 0.100. The number of benzene rings is 1. The summed E-state index contributed by atoms with van der Waals surface area (Å²) in [5, 5.41) is 19.2. The van der Waals surface area contributed by atoms with Crippen molar-refractivity contribution < 1.29 is 14.4 Å². The Morgan fingerprint density at radius 2 is 2.06 bits per heavy atom. The third-order valence-corrected chi connectivity index (χ3v) is 2.03. The Morgan fingerprint density at radius 1 is 1.38 bits per heavy atom. The maximum Gasteiger partial charge on any atom is 0.269 e. The molecule has 16 heavy (non-hydrogen) atoms. The molecule has 2 rings (SSSR count). The van der Waals surface area contributed by atoms with E-state index in [1.54, 1.807) is 12.1 Å². The zero-order valence-electron chi connectivity index (χ0n) is 8.16. The molecule has 0 aliphatic rings. The first-order chi connectivity index (χ1) is 7.70. The van der Waals surface area contributed by atoms with Gasteiger partial charge in [-0.25, -0.2) is 4.98 Å². The van der Waals surface area contributed by atoms with Crippen LogP contribution in [0.15, 0.2) is 34.9 Å². The Labute approximate surface area is 90.3 Å². The van der Waals surface area contributed by atoms with Crippen molar-refractivity contribution in [3.8, 4) is 11.5 Å². The number of rotatable bonds is 3. The van der Waals surface area contributed by atoms with Crippen molar-refractivity contribution in [2.75, 3.05) is 0 Å². The lowest BCUT2D eigenvalue weighted by molar-refractivity contribution is -0.384. The SMILES string of the molecule is O=[N+]([O-])c1ccc(-c2ncc(CO)o2)cc1. The number of oxazole rings is 1. The summed E-state index contributed by atoms with van der Waals surface area (Å²) < 4.78 is 5.19. The number of nitro groups is 1. The number of aliphatic hydroxyl groups excluding tert-OH is 1. The van der Waals surface area contributed by atoms with E-state index in [4.69, 9.17) is 9.52 Å². The van der Waals surface area contributed by atoms with E-state index in [1.165, 1.54) is 18.3 Å². The van der Waals surface area contributed by atoms with Crippen LogP contribution < -0.4 is 0 Å². The van der Waals surface area contributed by atoms with E-state index in [0.717, 1.165) is 0 Å². The second-order valence-electron chi connectivity index (χ2n) is 3.09. The van der Waals surface area contributed by atoms with Gasteiger partial charge in [-0.05, 0) is 12.1 Å². The monoisotopic (exact) mass is 220 g/mol. The topological polar surface area (TPSA) is 89.4 Å². The standard InChI is InChI=1S/C10H8N2O4/c13-6-9-5-11-10(16-9)7-1-3-8(4-2-7)12(14)15/h1-5,13H,6H2. The third-order valence-electron chi connectivity index (χ3n) is 2.03. The summed E-state index contributed by atoms with van der Waals surface area (Å²) in [5.74, 6) is 0.687. The molecule has 0 saturated heterocycles. The van der Waals surface area contributed by atoms with Crippen LogP contribution in [0, 0.1) is 10.1 Å². The third kappa shape index (κ3) is 1.91. The van der Waals surface area contributed by atoms with Crippen molar-refractivity contribution in [3.63, 3.8) is 0 Å². The maximum absolute atomic E-state index is 10.4. The Balaban J connectivity index is 2.30. The van der Waals surface area contributed by atoms with E-state index in [-0.39, 0.29) is 12.3 Å². The number of aromatic nitrogens is 1. The Hall–Kier alpha value is -2.21. The van der Waals surface area contributed by atoms with Crippen LogP contribution >= 0.6 is 0 Å². The van der Waals surface area contributed by atoms with Crippen LogP contribution in [-0.4, -0.2) is 15.0 Å². The molecule has 6 nitrogen and oxygen atoms in total. The molecule has 1 aromatic heterocycles. The van der Waals surface area contributed by atoms with Gasteiger partial charge in [0.15, 0.2) is 0 Å². The van der Waals surface area contributed by atoms with Crippen molar-refractivity contribution >= 4 is 5.69 Å². The summed E-state index contributed by atoms with van der Waals surface area (Å²) in [5.41, 5.74) is 0.642. The van der Waals surface area contributed by atoms with Gasteiger partial charge in [0.2, 0.25) is 5.89 Å². The van der Waals surface area contributed by atoms with Crippen molar-refractivity contribution in [2.24, 2.45) is 0 Å². The van der Waals surface area contributed by atoms with Gasteiger partial charge in [0.1, 0.15) is 12.4 Å². The Morgan fingerprint density at radius 3 is 2.56 bits per heavy atom. The van der Waals surface area contributed by atoms with Gasteiger partial charge in [0.25, 0.3) is 5.69 Å². The van der Waals surface area contributed by atoms with Gasteiger partial charge < -0.3 is 9.52 Å². The molecule has 0 fully saturated rings. The average Bonchev–Trinajstić information content (AvgIpc) is 2.77. The molecule has 0 spiro atoms. The molecule has 1 aromatic carbocycles. The quantitative estimate of drug-likeness (QED) is 0.628. The summed E-state index contributed by atoms with van der Waals surface area (Å²) in [6.45, 7) is -0.222. The molecule has 0 saturated carbocycles. The minimum absolute atomic E-state index is 0.0117. The summed E-state index contributed by atoms with van der Waals surface area (Å²) in [7, 11) is 0. The minimum atomic E-state index is -0.474. The Kier molecular flexibility index (Phi) is 2.65. The van der Waals surface area contributed by atoms with E-state index in [0.29, 0.717) is 17.2 Å². The van der Waals surface area contributed by atoms with Gasteiger partial charge >= 0.3 is 0 Å². The van der Waals surface area contributed by atoms with Gasteiger partial charge in [-0.15, -0.1) is 0 Å².